The third-order valence-corrected chi connectivity index (χ3v) is 7.05. The standard InChI is InChI=1S/C30H31F5O/c1-3-5-7-18-8-11-22(26(31)16-18)23-14-15-25(30(35)28(23)33)24-13-12-21(27(32)29(24)34)19-9-10-20(6-4-2)36-17-19/h8,11-16,19-20H,3-7,9-10,17H2,1-2H3. The predicted molar refractivity (Wildman–Crippen MR) is 132 cm³/mol. The molecule has 2 unspecified atom stereocenters. The molecule has 4 rings (SSSR count). The van der Waals surface area contributed by atoms with E-state index in [4.69, 9.17) is 4.74 Å². The highest BCUT2D eigenvalue weighted by atomic mass is 19.2. The summed E-state index contributed by atoms with van der Waals surface area (Å²) < 4.78 is 80.7. The molecule has 0 amide bonds. The Bertz CT molecular complexity index is 1210. The Morgan fingerprint density at radius 3 is 1.92 bits per heavy atom. The molecule has 0 aliphatic carbocycles. The Balaban J connectivity index is 1.61. The summed E-state index contributed by atoms with van der Waals surface area (Å²) in [5.74, 6) is -5.93. The van der Waals surface area contributed by atoms with Crippen LogP contribution in [0.2, 0.25) is 0 Å². The zero-order valence-electron chi connectivity index (χ0n) is 20.7. The van der Waals surface area contributed by atoms with Gasteiger partial charge in [0.25, 0.3) is 0 Å². The summed E-state index contributed by atoms with van der Waals surface area (Å²) in [6.45, 7) is 4.39. The number of benzene rings is 3. The Morgan fingerprint density at radius 1 is 0.722 bits per heavy atom. The van der Waals surface area contributed by atoms with E-state index in [0.717, 1.165) is 43.7 Å². The molecule has 0 bridgehead atoms. The van der Waals surface area contributed by atoms with Gasteiger partial charge in [0.2, 0.25) is 0 Å². The molecule has 1 aliphatic heterocycles. The Kier molecular flexibility index (Phi) is 8.45. The lowest BCUT2D eigenvalue weighted by Gasteiger charge is -2.29. The van der Waals surface area contributed by atoms with Crippen LogP contribution in [0, 0.1) is 29.1 Å². The lowest BCUT2D eigenvalue weighted by atomic mass is 9.88. The van der Waals surface area contributed by atoms with Crippen LogP contribution in [0.15, 0.2) is 42.5 Å². The first-order chi connectivity index (χ1) is 17.3. The van der Waals surface area contributed by atoms with Crippen molar-refractivity contribution in [3.8, 4) is 22.3 Å². The largest absolute Gasteiger partial charge is 0.378 e. The molecule has 0 N–H and O–H groups in total. The predicted octanol–water partition coefficient (Wildman–Crippen LogP) is 9.12. The van der Waals surface area contributed by atoms with Crippen molar-refractivity contribution in [1.29, 1.82) is 0 Å². The van der Waals surface area contributed by atoms with Crippen molar-refractivity contribution in [2.45, 2.75) is 70.8 Å². The van der Waals surface area contributed by atoms with Gasteiger partial charge in [0.05, 0.1) is 12.7 Å². The van der Waals surface area contributed by atoms with Crippen molar-refractivity contribution >= 4 is 0 Å². The molecule has 2 atom stereocenters. The highest BCUT2D eigenvalue weighted by molar-refractivity contribution is 5.73. The molecule has 3 aromatic rings. The molecule has 3 aromatic carbocycles. The van der Waals surface area contributed by atoms with Crippen LogP contribution in [0.5, 0.6) is 0 Å². The van der Waals surface area contributed by atoms with Gasteiger partial charge in [0, 0.05) is 28.2 Å². The van der Waals surface area contributed by atoms with Gasteiger partial charge in [-0.15, -0.1) is 0 Å². The van der Waals surface area contributed by atoms with Crippen molar-refractivity contribution < 1.29 is 26.7 Å². The minimum Gasteiger partial charge on any atom is -0.378 e. The third-order valence-electron chi connectivity index (χ3n) is 7.05. The topological polar surface area (TPSA) is 9.23 Å². The molecule has 36 heavy (non-hydrogen) atoms. The quantitative estimate of drug-likeness (QED) is 0.279. The average Bonchev–Trinajstić information content (AvgIpc) is 2.88. The number of ether oxygens (including phenoxy) is 1. The number of hydrogen-bond donors (Lipinski definition) is 0. The molecule has 1 heterocycles. The fourth-order valence-corrected chi connectivity index (χ4v) is 4.97. The summed E-state index contributed by atoms with van der Waals surface area (Å²) in [4.78, 5) is 0. The van der Waals surface area contributed by atoms with Crippen molar-refractivity contribution in [3.63, 3.8) is 0 Å². The van der Waals surface area contributed by atoms with Crippen molar-refractivity contribution in [3.05, 3.63) is 82.7 Å². The van der Waals surface area contributed by atoms with Crippen molar-refractivity contribution in [1.82, 2.24) is 0 Å². The van der Waals surface area contributed by atoms with E-state index in [0.29, 0.717) is 19.4 Å². The van der Waals surface area contributed by atoms with Gasteiger partial charge in [0.1, 0.15) is 5.82 Å². The van der Waals surface area contributed by atoms with Gasteiger partial charge in [-0.3, -0.25) is 0 Å². The number of rotatable bonds is 8. The second-order valence-corrected chi connectivity index (χ2v) is 9.56. The van der Waals surface area contributed by atoms with Crippen LogP contribution < -0.4 is 0 Å². The first kappa shape index (κ1) is 26.3. The zero-order chi connectivity index (χ0) is 25.8. The van der Waals surface area contributed by atoms with E-state index in [1.807, 2.05) is 6.92 Å². The van der Waals surface area contributed by atoms with Crippen LogP contribution in [0.3, 0.4) is 0 Å². The Hall–Kier alpha value is -2.73. The number of hydrogen-bond acceptors (Lipinski definition) is 1. The van der Waals surface area contributed by atoms with Crippen molar-refractivity contribution in [2.24, 2.45) is 0 Å². The van der Waals surface area contributed by atoms with Crippen LogP contribution in [0.4, 0.5) is 22.0 Å². The maximum absolute atomic E-state index is 15.1. The van der Waals surface area contributed by atoms with Gasteiger partial charge in [-0.25, -0.2) is 22.0 Å². The maximum Gasteiger partial charge on any atom is 0.167 e. The smallest absolute Gasteiger partial charge is 0.167 e. The van der Waals surface area contributed by atoms with Gasteiger partial charge >= 0.3 is 0 Å². The summed E-state index contributed by atoms with van der Waals surface area (Å²) in [6, 6.07) is 9.48. The van der Waals surface area contributed by atoms with Gasteiger partial charge in [-0.05, 0) is 49.3 Å². The molecule has 0 saturated carbocycles. The fourth-order valence-electron chi connectivity index (χ4n) is 4.97. The second kappa shape index (κ2) is 11.5. The van der Waals surface area contributed by atoms with E-state index in [9.17, 15) is 4.39 Å². The maximum atomic E-state index is 15.1. The zero-order valence-corrected chi connectivity index (χ0v) is 20.7. The molecule has 1 fully saturated rings. The fraction of sp³-hybridized carbons (Fsp3) is 0.400. The van der Waals surface area contributed by atoms with E-state index < -0.39 is 34.6 Å². The molecule has 0 radical (unpaired) electrons. The molecule has 1 aliphatic rings. The van der Waals surface area contributed by atoms with E-state index >= 15 is 17.6 Å². The first-order valence-electron chi connectivity index (χ1n) is 12.7. The lowest BCUT2D eigenvalue weighted by Crippen LogP contribution is -2.25. The molecular weight excluding hydrogens is 471 g/mol. The monoisotopic (exact) mass is 502 g/mol. The molecule has 1 saturated heterocycles. The highest BCUT2D eigenvalue weighted by Crippen LogP contribution is 2.38. The van der Waals surface area contributed by atoms with Crippen molar-refractivity contribution in [2.75, 3.05) is 6.61 Å². The van der Waals surface area contributed by atoms with E-state index in [1.165, 1.54) is 30.3 Å². The molecule has 192 valence electrons. The highest BCUT2D eigenvalue weighted by Gasteiger charge is 2.28. The number of aryl methyl sites for hydroxylation is 1. The summed E-state index contributed by atoms with van der Waals surface area (Å²) in [7, 11) is 0. The summed E-state index contributed by atoms with van der Waals surface area (Å²) in [5, 5.41) is 0. The number of halogens is 5. The third kappa shape index (κ3) is 5.34. The van der Waals surface area contributed by atoms with Gasteiger partial charge < -0.3 is 4.74 Å². The minimum atomic E-state index is -1.35. The second-order valence-electron chi connectivity index (χ2n) is 9.56. The van der Waals surface area contributed by atoms with Crippen LogP contribution >= 0.6 is 0 Å². The van der Waals surface area contributed by atoms with Crippen LogP contribution in [0.25, 0.3) is 22.3 Å². The number of unbranched alkanes of at least 4 members (excludes halogenated alkanes) is 1. The first-order valence-corrected chi connectivity index (χ1v) is 12.7. The molecule has 0 spiro atoms. The molecule has 1 nitrogen and oxygen atoms in total. The summed E-state index contributed by atoms with van der Waals surface area (Å²) in [6.07, 6.45) is 6.02. The van der Waals surface area contributed by atoms with Gasteiger partial charge in [0.15, 0.2) is 23.3 Å². The summed E-state index contributed by atoms with van der Waals surface area (Å²) >= 11 is 0. The molecule has 6 heteroatoms. The minimum absolute atomic E-state index is 0.0844. The van der Waals surface area contributed by atoms with E-state index in [1.54, 1.807) is 6.07 Å². The molecule has 0 aromatic heterocycles. The van der Waals surface area contributed by atoms with Gasteiger partial charge in [-0.2, -0.15) is 0 Å². The average molecular weight is 503 g/mol. The Labute approximate surface area is 209 Å². The van der Waals surface area contributed by atoms with Gasteiger partial charge in [-0.1, -0.05) is 63.1 Å². The summed E-state index contributed by atoms with van der Waals surface area (Å²) in [5.41, 5.74) is -0.197. The van der Waals surface area contributed by atoms with E-state index in [2.05, 4.69) is 6.92 Å². The molecular formula is C30H31F5O. The Morgan fingerprint density at radius 2 is 1.33 bits per heavy atom. The SMILES string of the molecule is CCCCc1ccc(-c2ccc(-c3ccc(C4CCC(CCC)OC4)c(F)c3F)c(F)c2F)c(F)c1. The normalized spacial score (nSPS) is 18.0. The van der Waals surface area contributed by atoms with E-state index in [-0.39, 0.29) is 34.3 Å². The van der Waals surface area contributed by atoms with Crippen LogP contribution in [-0.2, 0) is 11.2 Å². The van der Waals surface area contributed by atoms with Crippen LogP contribution in [0.1, 0.15) is 69.4 Å². The van der Waals surface area contributed by atoms with Crippen LogP contribution in [-0.4, -0.2) is 12.7 Å². The lowest BCUT2D eigenvalue weighted by molar-refractivity contribution is -0.00181.